The number of hydrogen-bond acceptors (Lipinski definition) is 4. The Hall–Kier alpha value is -4.67. The third kappa shape index (κ3) is 4.51. The van der Waals surface area contributed by atoms with Crippen molar-refractivity contribution in [3.63, 3.8) is 0 Å². The van der Waals surface area contributed by atoms with Crippen LogP contribution in [0.4, 0.5) is 0 Å². The van der Waals surface area contributed by atoms with Gasteiger partial charge in [-0.25, -0.2) is 9.97 Å². The molecule has 0 saturated carbocycles. The fourth-order valence-corrected chi connectivity index (χ4v) is 6.98. The minimum absolute atomic E-state index is 0.717. The van der Waals surface area contributed by atoms with E-state index in [1.54, 1.807) is 0 Å². The van der Waals surface area contributed by atoms with Crippen molar-refractivity contribution in [1.82, 2.24) is 15.0 Å². The van der Waals surface area contributed by atoms with Crippen molar-refractivity contribution in [3.05, 3.63) is 127 Å². The molecule has 0 spiro atoms. The van der Waals surface area contributed by atoms with Crippen LogP contribution in [0.5, 0.6) is 0 Å². The Morgan fingerprint density at radius 1 is 0.610 bits per heavy atom. The second kappa shape index (κ2) is 10.7. The third-order valence-corrected chi connectivity index (χ3v) is 8.98. The van der Waals surface area contributed by atoms with Gasteiger partial charge in [0.05, 0.1) is 17.1 Å². The van der Waals surface area contributed by atoms with Crippen molar-refractivity contribution < 1.29 is 0 Å². The number of rotatable bonds is 6. The van der Waals surface area contributed by atoms with E-state index in [4.69, 9.17) is 15.0 Å². The molecule has 0 unspecified atom stereocenters. The molecule has 3 aromatic heterocycles. The summed E-state index contributed by atoms with van der Waals surface area (Å²) in [5, 5.41) is 2.61. The molecular formula is C37H29N3S. The number of nitrogens with zero attached hydrogens (tertiary/aromatic N) is 3. The zero-order chi connectivity index (χ0) is 27.8. The first-order valence-corrected chi connectivity index (χ1v) is 15.0. The van der Waals surface area contributed by atoms with Gasteiger partial charge in [-0.15, -0.1) is 11.3 Å². The molecule has 0 N–H and O–H groups in total. The molecule has 0 radical (unpaired) electrons. The van der Waals surface area contributed by atoms with E-state index in [1.165, 1.54) is 36.9 Å². The molecule has 0 bridgehead atoms. The zero-order valence-electron chi connectivity index (χ0n) is 23.1. The molecule has 0 saturated heterocycles. The number of pyridine rings is 1. The summed E-state index contributed by atoms with van der Waals surface area (Å²) in [6.45, 7) is 4.37. The molecule has 3 nitrogen and oxygen atoms in total. The number of hydrogen-bond donors (Lipinski definition) is 0. The first-order chi connectivity index (χ1) is 20.2. The quantitative estimate of drug-likeness (QED) is 0.208. The van der Waals surface area contributed by atoms with Crippen molar-refractivity contribution in [3.8, 4) is 45.2 Å². The monoisotopic (exact) mass is 547 g/mol. The van der Waals surface area contributed by atoms with Crippen molar-refractivity contribution in [2.45, 2.75) is 26.7 Å². The Bertz CT molecular complexity index is 2020. The van der Waals surface area contributed by atoms with Gasteiger partial charge < -0.3 is 0 Å². The predicted molar refractivity (Wildman–Crippen MR) is 173 cm³/mol. The fraction of sp³-hybridized carbons (Fsp3) is 0.108. The molecule has 0 amide bonds. The Morgan fingerprint density at radius 3 is 2.20 bits per heavy atom. The van der Waals surface area contributed by atoms with Crippen LogP contribution in [-0.2, 0) is 12.8 Å². The summed E-state index contributed by atoms with van der Waals surface area (Å²) in [4.78, 5) is 15.2. The van der Waals surface area contributed by atoms with Crippen LogP contribution in [0.15, 0.2) is 115 Å². The van der Waals surface area contributed by atoms with Crippen LogP contribution in [0, 0.1) is 0 Å². The Morgan fingerprint density at radius 2 is 1.34 bits per heavy atom. The van der Waals surface area contributed by atoms with E-state index < -0.39 is 0 Å². The van der Waals surface area contributed by atoms with E-state index in [9.17, 15) is 0 Å². The summed E-state index contributed by atoms with van der Waals surface area (Å²) in [5.74, 6) is 0.717. The molecule has 0 fully saturated rings. The van der Waals surface area contributed by atoms with Gasteiger partial charge in [0.25, 0.3) is 0 Å². The fourth-order valence-electron chi connectivity index (χ4n) is 5.75. The summed E-state index contributed by atoms with van der Waals surface area (Å²) < 4.78 is 2.61. The van der Waals surface area contributed by atoms with E-state index in [-0.39, 0.29) is 0 Å². The topological polar surface area (TPSA) is 38.7 Å². The van der Waals surface area contributed by atoms with E-state index in [1.807, 2.05) is 35.7 Å². The SMILES string of the molecule is CCc1ccccc1-c1nc(-c2cccc(-c3cccc4c3sc3ccccc34)c2)nc(-c2ccccn2)c1CC. The van der Waals surface area contributed by atoms with Gasteiger partial charge in [-0.2, -0.15) is 0 Å². The molecule has 4 aromatic carbocycles. The van der Waals surface area contributed by atoms with Gasteiger partial charge in [0.1, 0.15) is 0 Å². The van der Waals surface area contributed by atoms with Gasteiger partial charge in [0.15, 0.2) is 5.82 Å². The summed E-state index contributed by atoms with van der Waals surface area (Å²) in [6, 6.07) is 38.5. The number of fused-ring (bicyclic) bond motifs is 3. The molecule has 0 aliphatic rings. The summed E-state index contributed by atoms with van der Waals surface area (Å²) in [5.41, 5.74) is 9.73. The minimum atomic E-state index is 0.717. The van der Waals surface area contributed by atoms with E-state index in [0.717, 1.165) is 46.6 Å². The van der Waals surface area contributed by atoms with Crippen LogP contribution >= 0.6 is 11.3 Å². The van der Waals surface area contributed by atoms with Crippen LogP contribution in [-0.4, -0.2) is 15.0 Å². The number of aromatic nitrogens is 3. The first kappa shape index (κ1) is 25.3. The van der Waals surface area contributed by atoms with Crippen LogP contribution < -0.4 is 0 Å². The first-order valence-electron chi connectivity index (χ1n) is 14.2. The Balaban J connectivity index is 1.45. The number of benzene rings is 4. The maximum Gasteiger partial charge on any atom is 0.160 e. The Labute approximate surface area is 244 Å². The maximum atomic E-state index is 5.27. The average molecular weight is 548 g/mol. The van der Waals surface area contributed by atoms with Crippen molar-refractivity contribution in [2.75, 3.05) is 0 Å². The highest BCUT2D eigenvalue weighted by Crippen LogP contribution is 2.41. The molecule has 41 heavy (non-hydrogen) atoms. The summed E-state index contributed by atoms with van der Waals surface area (Å²) >= 11 is 1.85. The zero-order valence-corrected chi connectivity index (χ0v) is 24.0. The van der Waals surface area contributed by atoms with Gasteiger partial charge in [-0.3, -0.25) is 4.98 Å². The second-order valence-electron chi connectivity index (χ2n) is 10.2. The van der Waals surface area contributed by atoms with E-state index in [0.29, 0.717) is 5.82 Å². The lowest BCUT2D eigenvalue weighted by molar-refractivity contribution is 1.04. The van der Waals surface area contributed by atoms with Gasteiger partial charge in [-0.05, 0) is 53.8 Å². The minimum Gasteiger partial charge on any atom is -0.255 e. The molecule has 3 heterocycles. The van der Waals surface area contributed by atoms with Crippen molar-refractivity contribution >= 4 is 31.5 Å². The van der Waals surface area contributed by atoms with Crippen molar-refractivity contribution in [1.29, 1.82) is 0 Å². The van der Waals surface area contributed by atoms with Crippen LogP contribution in [0.2, 0.25) is 0 Å². The highest BCUT2D eigenvalue weighted by molar-refractivity contribution is 7.26. The highest BCUT2D eigenvalue weighted by atomic mass is 32.1. The lowest BCUT2D eigenvalue weighted by Gasteiger charge is -2.17. The third-order valence-electron chi connectivity index (χ3n) is 7.76. The van der Waals surface area contributed by atoms with E-state index >= 15 is 0 Å². The molecular weight excluding hydrogens is 518 g/mol. The Kier molecular flexibility index (Phi) is 6.62. The molecule has 0 atom stereocenters. The van der Waals surface area contributed by atoms with Gasteiger partial charge in [0, 0.05) is 43.1 Å². The number of aryl methyl sites for hydroxylation is 1. The van der Waals surface area contributed by atoms with Crippen molar-refractivity contribution in [2.24, 2.45) is 0 Å². The van der Waals surface area contributed by atoms with Crippen LogP contribution in [0.1, 0.15) is 25.0 Å². The normalized spacial score (nSPS) is 11.4. The average Bonchev–Trinajstić information content (AvgIpc) is 3.43. The predicted octanol–water partition coefficient (Wildman–Crippen LogP) is 10.0. The molecule has 0 aliphatic carbocycles. The molecule has 7 rings (SSSR count). The second-order valence-corrected chi connectivity index (χ2v) is 11.2. The lowest BCUT2D eigenvalue weighted by atomic mass is 9.95. The summed E-state index contributed by atoms with van der Waals surface area (Å²) in [6.07, 6.45) is 3.59. The molecule has 0 aliphatic heterocycles. The number of thiophene rings is 1. The summed E-state index contributed by atoms with van der Waals surface area (Å²) in [7, 11) is 0. The lowest BCUT2D eigenvalue weighted by Crippen LogP contribution is -2.04. The largest absolute Gasteiger partial charge is 0.255 e. The molecule has 198 valence electrons. The van der Waals surface area contributed by atoms with Crippen LogP contribution in [0.3, 0.4) is 0 Å². The standard InChI is InChI=1S/C37H29N3S/c1-3-24-13-5-6-16-28(24)34-27(4-2)35(32-20-9-10-22-38-32)40-37(39-34)26-15-11-14-25(23-26)29-18-12-19-31-30-17-7-8-21-33(30)41-36(29)31/h5-23H,3-4H2,1-2H3. The van der Waals surface area contributed by atoms with Crippen LogP contribution in [0.25, 0.3) is 65.3 Å². The molecule has 4 heteroatoms. The molecule has 7 aromatic rings. The van der Waals surface area contributed by atoms with Gasteiger partial charge in [0.2, 0.25) is 0 Å². The maximum absolute atomic E-state index is 5.27. The smallest absolute Gasteiger partial charge is 0.160 e. The highest BCUT2D eigenvalue weighted by Gasteiger charge is 2.20. The van der Waals surface area contributed by atoms with E-state index in [2.05, 4.69) is 105 Å². The van der Waals surface area contributed by atoms with Gasteiger partial charge >= 0.3 is 0 Å². The van der Waals surface area contributed by atoms with Gasteiger partial charge in [-0.1, -0.05) is 98.8 Å².